The number of oxazole rings is 1. The second kappa shape index (κ2) is 4.99. The quantitative estimate of drug-likeness (QED) is 0.862. The Labute approximate surface area is 99.3 Å². The second-order valence-corrected chi connectivity index (χ2v) is 4.08. The first-order valence-electron chi connectivity index (χ1n) is 5.79. The van der Waals surface area contributed by atoms with Gasteiger partial charge in [-0.05, 0) is 24.1 Å². The van der Waals surface area contributed by atoms with Crippen molar-refractivity contribution in [1.82, 2.24) is 4.98 Å². The standard InChI is InChI=1S/C13H15NO3/c1-2-3-4-12-14-10-6-5-9(8-13(15)16)7-11(10)17-12/h5-7H,2-4,8H2,1H3,(H,15,16). The van der Waals surface area contributed by atoms with Crippen molar-refractivity contribution in [1.29, 1.82) is 0 Å². The highest BCUT2D eigenvalue weighted by molar-refractivity contribution is 5.76. The Kier molecular flexibility index (Phi) is 3.42. The number of hydrogen-bond acceptors (Lipinski definition) is 3. The molecule has 0 bridgehead atoms. The van der Waals surface area contributed by atoms with E-state index in [1.165, 1.54) is 0 Å². The molecule has 0 amide bonds. The lowest BCUT2D eigenvalue weighted by molar-refractivity contribution is -0.136. The number of aliphatic carboxylic acids is 1. The average Bonchev–Trinajstić information content (AvgIpc) is 2.67. The van der Waals surface area contributed by atoms with Gasteiger partial charge in [0.1, 0.15) is 5.52 Å². The number of fused-ring (bicyclic) bond motifs is 1. The number of hydrogen-bond donors (Lipinski definition) is 1. The lowest BCUT2D eigenvalue weighted by Crippen LogP contribution is -1.99. The Morgan fingerprint density at radius 2 is 2.29 bits per heavy atom. The van der Waals surface area contributed by atoms with E-state index in [-0.39, 0.29) is 6.42 Å². The van der Waals surface area contributed by atoms with Crippen LogP contribution in [0.4, 0.5) is 0 Å². The van der Waals surface area contributed by atoms with Crippen LogP contribution in [0.2, 0.25) is 0 Å². The zero-order chi connectivity index (χ0) is 12.3. The Morgan fingerprint density at radius 3 is 3.00 bits per heavy atom. The largest absolute Gasteiger partial charge is 0.481 e. The fourth-order valence-electron chi connectivity index (χ4n) is 1.74. The molecule has 1 aromatic carbocycles. The van der Waals surface area contributed by atoms with Crippen molar-refractivity contribution in [3.8, 4) is 0 Å². The third kappa shape index (κ3) is 2.84. The lowest BCUT2D eigenvalue weighted by Gasteiger charge is -1.94. The van der Waals surface area contributed by atoms with Gasteiger partial charge in [0, 0.05) is 6.42 Å². The molecule has 0 saturated heterocycles. The van der Waals surface area contributed by atoms with Crippen LogP contribution in [0.3, 0.4) is 0 Å². The highest BCUT2D eigenvalue weighted by Gasteiger charge is 2.07. The molecule has 90 valence electrons. The van der Waals surface area contributed by atoms with Gasteiger partial charge in [-0.1, -0.05) is 19.4 Å². The normalized spacial score (nSPS) is 10.9. The summed E-state index contributed by atoms with van der Waals surface area (Å²) in [5.74, 6) is -0.107. The summed E-state index contributed by atoms with van der Waals surface area (Å²) in [5.41, 5.74) is 2.21. The molecule has 0 aliphatic heterocycles. The molecule has 0 radical (unpaired) electrons. The monoisotopic (exact) mass is 233 g/mol. The van der Waals surface area contributed by atoms with Gasteiger partial charge in [0.15, 0.2) is 11.5 Å². The van der Waals surface area contributed by atoms with Crippen LogP contribution in [0.15, 0.2) is 22.6 Å². The number of benzene rings is 1. The van der Waals surface area contributed by atoms with E-state index in [1.54, 1.807) is 12.1 Å². The fourth-order valence-corrected chi connectivity index (χ4v) is 1.74. The van der Waals surface area contributed by atoms with Crippen LogP contribution in [-0.4, -0.2) is 16.1 Å². The van der Waals surface area contributed by atoms with E-state index in [4.69, 9.17) is 9.52 Å². The zero-order valence-electron chi connectivity index (χ0n) is 9.77. The molecule has 0 atom stereocenters. The Balaban J connectivity index is 2.24. The molecular formula is C13H15NO3. The van der Waals surface area contributed by atoms with E-state index >= 15 is 0 Å². The van der Waals surface area contributed by atoms with Crippen molar-refractivity contribution < 1.29 is 14.3 Å². The van der Waals surface area contributed by atoms with Gasteiger partial charge >= 0.3 is 5.97 Å². The summed E-state index contributed by atoms with van der Waals surface area (Å²) in [6.07, 6.45) is 3.00. The van der Waals surface area contributed by atoms with Crippen LogP contribution in [-0.2, 0) is 17.6 Å². The lowest BCUT2D eigenvalue weighted by atomic mass is 10.1. The van der Waals surface area contributed by atoms with E-state index < -0.39 is 5.97 Å². The van der Waals surface area contributed by atoms with Crippen molar-refractivity contribution in [3.63, 3.8) is 0 Å². The summed E-state index contributed by atoms with van der Waals surface area (Å²) >= 11 is 0. The number of aryl methyl sites for hydroxylation is 1. The number of rotatable bonds is 5. The molecule has 17 heavy (non-hydrogen) atoms. The van der Waals surface area contributed by atoms with Gasteiger partial charge in [-0.2, -0.15) is 0 Å². The highest BCUT2D eigenvalue weighted by Crippen LogP contribution is 2.18. The molecule has 0 unspecified atom stereocenters. The summed E-state index contributed by atoms with van der Waals surface area (Å²) in [4.78, 5) is 15.0. The summed E-state index contributed by atoms with van der Waals surface area (Å²) in [6, 6.07) is 5.35. The highest BCUT2D eigenvalue weighted by atomic mass is 16.4. The van der Waals surface area contributed by atoms with Gasteiger partial charge in [-0.3, -0.25) is 4.79 Å². The summed E-state index contributed by atoms with van der Waals surface area (Å²) in [5, 5.41) is 8.71. The van der Waals surface area contributed by atoms with Crippen LogP contribution in [0.25, 0.3) is 11.1 Å². The minimum absolute atomic E-state index is 0.0148. The van der Waals surface area contributed by atoms with E-state index in [1.807, 2.05) is 6.07 Å². The van der Waals surface area contributed by atoms with Crippen LogP contribution in [0.1, 0.15) is 31.2 Å². The van der Waals surface area contributed by atoms with Crippen molar-refractivity contribution in [2.24, 2.45) is 0 Å². The maximum Gasteiger partial charge on any atom is 0.307 e. The molecule has 1 N–H and O–H groups in total. The Hall–Kier alpha value is -1.84. The maximum atomic E-state index is 10.6. The smallest absolute Gasteiger partial charge is 0.307 e. The number of carboxylic acid groups (broad SMARTS) is 1. The predicted octanol–water partition coefficient (Wildman–Crippen LogP) is 2.80. The molecule has 4 nitrogen and oxygen atoms in total. The first-order valence-corrected chi connectivity index (χ1v) is 5.79. The van der Waals surface area contributed by atoms with Gasteiger partial charge in [-0.25, -0.2) is 4.98 Å². The number of aromatic nitrogens is 1. The summed E-state index contributed by atoms with van der Waals surface area (Å²) in [7, 11) is 0. The molecular weight excluding hydrogens is 218 g/mol. The minimum atomic E-state index is -0.838. The molecule has 0 saturated carbocycles. The number of carboxylic acids is 1. The van der Waals surface area contributed by atoms with Crippen molar-refractivity contribution in [2.75, 3.05) is 0 Å². The number of unbranched alkanes of at least 4 members (excludes halogenated alkanes) is 1. The summed E-state index contributed by atoms with van der Waals surface area (Å²) in [6.45, 7) is 2.12. The molecule has 1 heterocycles. The molecule has 4 heteroatoms. The van der Waals surface area contributed by atoms with Crippen molar-refractivity contribution in [2.45, 2.75) is 32.6 Å². The SMILES string of the molecule is CCCCc1nc2ccc(CC(=O)O)cc2o1. The minimum Gasteiger partial charge on any atom is -0.481 e. The van der Waals surface area contributed by atoms with E-state index in [0.717, 1.165) is 36.2 Å². The van der Waals surface area contributed by atoms with E-state index in [2.05, 4.69) is 11.9 Å². The second-order valence-electron chi connectivity index (χ2n) is 4.08. The third-order valence-corrected chi connectivity index (χ3v) is 2.60. The number of carbonyl (C=O) groups is 1. The van der Waals surface area contributed by atoms with Crippen molar-refractivity contribution >= 4 is 17.1 Å². The van der Waals surface area contributed by atoms with E-state index in [0.29, 0.717) is 5.58 Å². The first-order chi connectivity index (χ1) is 8.19. The predicted molar refractivity (Wildman–Crippen MR) is 64.0 cm³/mol. The first kappa shape index (κ1) is 11.6. The van der Waals surface area contributed by atoms with Gasteiger partial charge < -0.3 is 9.52 Å². The van der Waals surface area contributed by atoms with Crippen LogP contribution in [0.5, 0.6) is 0 Å². The maximum absolute atomic E-state index is 10.6. The topological polar surface area (TPSA) is 63.3 Å². The van der Waals surface area contributed by atoms with Crippen LogP contribution in [0, 0.1) is 0 Å². The average molecular weight is 233 g/mol. The Bertz CT molecular complexity index is 530. The Morgan fingerprint density at radius 1 is 1.47 bits per heavy atom. The molecule has 0 aliphatic carbocycles. The van der Waals surface area contributed by atoms with Gasteiger partial charge in [-0.15, -0.1) is 0 Å². The fraction of sp³-hybridized carbons (Fsp3) is 0.385. The zero-order valence-corrected chi connectivity index (χ0v) is 9.77. The van der Waals surface area contributed by atoms with Gasteiger partial charge in [0.25, 0.3) is 0 Å². The number of nitrogens with zero attached hydrogens (tertiary/aromatic N) is 1. The van der Waals surface area contributed by atoms with Crippen molar-refractivity contribution in [3.05, 3.63) is 29.7 Å². The summed E-state index contributed by atoms with van der Waals surface area (Å²) < 4.78 is 5.59. The molecule has 2 aromatic rings. The van der Waals surface area contributed by atoms with Crippen LogP contribution >= 0.6 is 0 Å². The molecule has 0 spiro atoms. The molecule has 0 aliphatic rings. The molecule has 1 aromatic heterocycles. The molecule has 0 fully saturated rings. The third-order valence-electron chi connectivity index (χ3n) is 2.60. The van der Waals surface area contributed by atoms with E-state index in [9.17, 15) is 4.79 Å². The van der Waals surface area contributed by atoms with Gasteiger partial charge in [0.2, 0.25) is 0 Å². The van der Waals surface area contributed by atoms with Crippen LogP contribution < -0.4 is 0 Å². The van der Waals surface area contributed by atoms with Gasteiger partial charge in [0.05, 0.1) is 6.42 Å². The molecule has 2 rings (SSSR count).